The fraction of sp³-hybridized carbons (Fsp3) is 0.364. The number of benzene rings is 1. The molecule has 2 atom stereocenters. The zero-order valence-corrected chi connectivity index (χ0v) is 11.2. The van der Waals surface area contributed by atoms with Crippen molar-refractivity contribution in [2.24, 2.45) is 5.92 Å². The van der Waals surface area contributed by atoms with Crippen molar-refractivity contribution in [3.05, 3.63) is 35.6 Å². The standard InChI is InChI=1S/C11H16BFNO4S/c1-7(6-19)11(15)14-10(12(16,17)18)8-2-4-9(13)5-3-8/h2-5,7,10,16-19H,6H2,1H3,(H,14,15)/q-1/t7-,10-/m1/s1. The van der Waals surface area contributed by atoms with Crippen LogP contribution in [0.3, 0.4) is 0 Å². The smallest absolute Gasteiger partial charge is 0.398 e. The van der Waals surface area contributed by atoms with Gasteiger partial charge in [0.25, 0.3) is 0 Å². The lowest BCUT2D eigenvalue weighted by molar-refractivity contribution is -0.124. The van der Waals surface area contributed by atoms with Gasteiger partial charge in [0.2, 0.25) is 5.91 Å². The first-order valence-electron chi connectivity index (χ1n) is 5.74. The SMILES string of the molecule is C[C@H](CS)C(=O)N[C@H](c1ccc(F)cc1)[B-](O)(O)O. The summed E-state index contributed by atoms with van der Waals surface area (Å²) >= 11 is 3.96. The minimum absolute atomic E-state index is 0.189. The van der Waals surface area contributed by atoms with Gasteiger partial charge in [0.05, 0.1) is 0 Å². The highest BCUT2D eigenvalue weighted by atomic mass is 32.1. The Bertz CT molecular complexity index is 437. The highest BCUT2D eigenvalue weighted by Crippen LogP contribution is 2.20. The normalized spacial score (nSPS) is 14.8. The van der Waals surface area contributed by atoms with Gasteiger partial charge < -0.3 is 20.4 Å². The van der Waals surface area contributed by atoms with Crippen molar-refractivity contribution in [1.82, 2.24) is 5.32 Å². The summed E-state index contributed by atoms with van der Waals surface area (Å²) in [5.74, 6) is -2.62. The molecular formula is C11H16BFNO4S-. The first-order valence-corrected chi connectivity index (χ1v) is 6.37. The van der Waals surface area contributed by atoms with Crippen LogP contribution >= 0.6 is 12.6 Å². The molecular weight excluding hydrogens is 272 g/mol. The highest BCUT2D eigenvalue weighted by Gasteiger charge is 2.32. The zero-order valence-electron chi connectivity index (χ0n) is 10.3. The predicted molar refractivity (Wildman–Crippen MR) is 72.7 cm³/mol. The summed E-state index contributed by atoms with van der Waals surface area (Å²) < 4.78 is 12.8. The summed E-state index contributed by atoms with van der Waals surface area (Å²) in [6.07, 6.45) is 0. The molecule has 0 saturated heterocycles. The minimum atomic E-state index is -3.82. The number of carbonyl (C=O) groups is 1. The van der Waals surface area contributed by atoms with Crippen molar-refractivity contribution in [1.29, 1.82) is 0 Å². The number of hydrogen-bond donors (Lipinski definition) is 5. The molecule has 0 radical (unpaired) electrons. The summed E-state index contributed by atoms with van der Waals surface area (Å²) in [6, 6.07) is 4.70. The van der Waals surface area contributed by atoms with Gasteiger partial charge in [-0.2, -0.15) is 12.6 Å². The van der Waals surface area contributed by atoms with Crippen LogP contribution in [-0.2, 0) is 4.79 Å². The molecule has 0 fully saturated rings. The van der Waals surface area contributed by atoms with Crippen LogP contribution in [0.4, 0.5) is 4.39 Å². The molecule has 1 amide bonds. The Hall–Kier alpha value is -1.09. The number of hydrogen-bond acceptors (Lipinski definition) is 5. The van der Waals surface area contributed by atoms with Crippen LogP contribution in [-0.4, -0.2) is 33.5 Å². The van der Waals surface area contributed by atoms with Crippen molar-refractivity contribution >= 4 is 25.3 Å². The maximum Gasteiger partial charge on any atom is 0.398 e. The van der Waals surface area contributed by atoms with E-state index >= 15 is 0 Å². The zero-order chi connectivity index (χ0) is 14.6. The number of halogens is 1. The van der Waals surface area contributed by atoms with Crippen LogP contribution in [0.2, 0.25) is 0 Å². The van der Waals surface area contributed by atoms with Crippen molar-refractivity contribution < 1.29 is 24.3 Å². The Labute approximate surface area is 115 Å². The van der Waals surface area contributed by atoms with Crippen LogP contribution in [0.25, 0.3) is 0 Å². The summed E-state index contributed by atoms with van der Waals surface area (Å²) in [5, 5.41) is 30.4. The molecule has 4 N–H and O–H groups in total. The van der Waals surface area contributed by atoms with Gasteiger partial charge in [-0.05, 0) is 12.1 Å². The van der Waals surface area contributed by atoms with Crippen LogP contribution in [0.1, 0.15) is 18.4 Å². The number of carbonyl (C=O) groups excluding carboxylic acids is 1. The molecule has 0 unspecified atom stereocenters. The van der Waals surface area contributed by atoms with Crippen molar-refractivity contribution in [3.63, 3.8) is 0 Å². The van der Waals surface area contributed by atoms with Gasteiger partial charge >= 0.3 is 6.75 Å². The molecule has 0 saturated carbocycles. The largest absolute Gasteiger partial charge is 0.558 e. The molecule has 0 aliphatic carbocycles. The van der Waals surface area contributed by atoms with Gasteiger partial charge in [-0.3, -0.25) is 4.79 Å². The Morgan fingerprint density at radius 1 is 1.37 bits per heavy atom. The summed E-state index contributed by atoms with van der Waals surface area (Å²) in [6.45, 7) is -2.22. The highest BCUT2D eigenvalue weighted by molar-refractivity contribution is 7.80. The quantitative estimate of drug-likeness (QED) is 0.390. The molecule has 19 heavy (non-hydrogen) atoms. The van der Waals surface area contributed by atoms with Crippen LogP contribution in [0.5, 0.6) is 0 Å². The molecule has 0 heterocycles. The number of amides is 1. The van der Waals surface area contributed by atoms with Gasteiger partial charge in [0.1, 0.15) is 5.82 Å². The lowest BCUT2D eigenvalue weighted by Gasteiger charge is -2.33. The second-order valence-corrected chi connectivity index (χ2v) is 4.78. The average molecular weight is 288 g/mol. The molecule has 1 rings (SSSR count). The first-order chi connectivity index (χ1) is 8.75. The van der Waals surface area contributed by atoms with Crippen LogP contribution in [0, 0.1) is 11.7 Å². The van der Waals surface area contributed by atoms with E-state index in [2.05, 4.69) is 17.9 Å². The van der Waals surface area contributed by atoms with Gasteiger partial charge in [-0.1, -0.05) is 24.6 Å². The molecule has 106 valence electrons. The Balaban J connectivity index is 2.97. The second-order valence-electron chi connectivity index (χ2n) is 4.42. The second kappa shape index (κ2) is 6.38. The Morgan fingerprint density at radius 2 is 1.89 bits per heavy atom. The molecule has 1 aromatic carbocycles. The molecule has 0 aliphatic heterocycles. The third-order valence-corrected chi connectivity index (χ3v) is 3.24. The minimum Gasteiger partial charge on any atom is -0.558 e. The molecule has 0 aliphatic rings. The fourth-order valence-corrected chi connectivity index (χ4v) is 1.67. The van der Waals surface area contributed by atoms with E-state index in [0.717, 1.165) is 12.1 Å². The van der Waals surface area contributed by atoms with E-state index in [0.29, 0.717) is 0 Å². The van der Waals surface area contributed by atoms with E-state index < -0.39 is 30.3 Å². The average Bonchev–Trinajstić information content (AvgIpc) is 2.34. The van der Waals surface area contributed by atoms with Crippen LogP contribution in [0.15, 0.2) is 24.3 Å². The van der Waals surface area contributed by atoms with E-state index in [9.17, 15) is 24.3 Å². The molecule has 0 bridgehead atoms. The summed E-state index contributed by atoms with van der Waals surface area (Å²) in [7, 11) is 0. The van der Waals surface area contributed by atoms with Gasteiger partial charge in [0, 0.05) is 17.6 Å². The first kappa shape index (κ1) is 16.0. The van der Waals surface area contributed by atoms with Crippen LogP contribution < -0.4 is 5.32 Å². The molecule has 0 aromatic heterocycles. The lowest BCUT2D eigenvalue weighted by atomic mass is 9.66. The lowest BCUT2D eigenvalue weighted by Crippen LogP contribution is -2.52. The molecule has 5 nitrogen and oxygen atoms in total. The number of thiol groups is 1. The monoisotopic (exact) mass is 288 g/mol. The van der Waals surface area contributed by atoms with Gasteiger partial charge in [0.15, 0.2) is 0 Å². The predicted octanol–water partition coefficient (Wildman–Crippen LogP) is 0.00390. The molecule has 1 aromatic rings. The van der Waals surface area contributed by atoms with E-state index in [-0.39, 0.29) is 11.3 Å². The van der Waals surface area contributed by atoms with E-state index in [1.807, 2.05) is 0 Å². The maximum absolute atomic E-state index is 12.8. The van der Waals surface area contributed by atoms with E-state index in [1.165, 1.54) is 12.1 Å². The Kier molecular flexibility index (Phi) is 5.36. The van der Waals surface area contributed by atoms with Gasteiger partial charge in [-0.25, -0.2) is 4.39 Å². The van der Waals surface area contributed by atoms with Crippen molar-refractivity contribution in [2.45, 2.75) is 12.9 Å². The van der Waals surface area contributed by atoms with E-state index in [1.54, 1.807) is 6.92 Å². The van der Waals surface area contributed by atoms with E-state index in [4.69, 9.17) is 0 Å². The third-order valence-electron chi connectivity index (χ3n) is 2.70. The maximum atomic E-state index is 12.8. The van der Waals surface area contributed by atoms with Crippen molar-refractivity contribution in [2.75, 3.05) is 5.75 Å². The van der Waals surface area contributed by atoms with Gasteiger partial charge in [-0.15, -0.1) is 0 Å². The number of nitrogens with one attached hydrogen (secondary N) is 1. The number of rotatable bonds is 5. The molecule has 0 spiro atoms. The summed E-state index contributed by atoms with van der Waals surface area (Å²) in [5.41, 5.74) is 0.189. The molecule has 8 heteroatoms. The Morgan fingerprint density at radius 3 is 2.32 bits per heavy atom. The topological polar surface area (TPSA) is 89.8 Å². The third kappa shape index (κ3) is 4.50. The summed E-state index contributed by atoms with van der Waals surface area (Å²) in [4.78, 5) is 11.7. The van der Waals surface area contributed by atoms with Crippen molar-refractivity contribution in [3.8, 4) is 0 Å². The fourth-order valence-electron chi connectivity index (χ4n) is 1.50.